The summed E-state index contributed by atoms with van der Waals surface area (Å²) in [5.41, 5.74) is 6.85. The molecule has 0 atom stereocenters. The van der Waals surface area contributed by atoms with E-state index in [1.807, 2.05) is 12.1 Å². The first kappa shape index (κ1) is 13.8. The van der Waals surface area contributed by atoms with E-state index in [0.717, 1.165) is 0 Å². The van der Waals surface area contributed by atoms with Gasteiger partial charge in [0, 0.05) is 0 Å². The number of hydrogen-bond donors (Lipinski definition) is 2. The Balaban J connectivity index is 1.74. The van der Waals surface area contributed by atoms with Crippen molar-refractivity contribution in [1.82, 2.24) is 10.2 Å². The second kappa shape index (κ2) is 5.70. The number of benzene rings is 1. The summed E-state index contributed by atoms with van der Waals surface area (Å²) in [6.45, 7) is 0.0225. The maximum atomic E-state index is 12.3. The molecular weight excluding hydrogens is 310 g/mol. The summed E-state index contributed by atoms with van der Waals surface area (Å²) < 4.78 is 0.635. The van der Waals surface area contributed by atoms with Crippen molar-refractivity contribution in [3.63, 3.8) is 0 Å². The molecule has 2 amide bonds. The van der Waals surface area contributed by atoms with Crippen LogP contribution < -0.4 is 16.0 Å². The van der Waals surface area contributed by atoms with E-state index in [-0.39, 0.29) is 24.1 Å². The highest BCUT2D eigenvalue weighted by atomic mass is 32.2. The highest BCUT2D eigenvalue weighted by Gasteiger charge is 2.26. The molecular formula is C12H11N5O2S2. The van der Waals surface area contributed by atoms with Gasteiger partial charge in [0.05, 0.1) is 17.1 Å². The van der Waals surface area contributed by atoms with Crippen molar-refractivity contribution in [2.45, 2.75) is 4.34 Å². The van der Waals surface area contributed by atoms with Crippen LogP contribution in [0.5, 0.6) is 0 Å². The fraction of sp³-hybridized carbons (Fsp3) is 0.167. The first-order valence-electron chi connectivity index (χ1n) is 6.04. The highest BCUT2D eigenvalue weighted by Crippen LogP contribution is 2.30. The van der Waals surface area contributed by atoms with Crippen LogP contribution in [0.25, 0.3) is 0 Å². The molecule has 0 saturated heterocycles. The van der Waals surface area contributed by atoms with Crippen molar-refractivity contribution in [2.24, 2.45) is 0 Å². The molecule has 21 heavy (non-hydrogen) atoms. The number of nitrogens with zero attached hydrogens (tertiary/aromatic N) is 3. The summed E-state index contributed by atoms with van der Waals surface area (Å²) in [5.74, 6) is -0.181. The van der Waals surface area contributed by atoms with Gasteiger partial charge in [-0.15, -0.1) is 10.2 Å². The summed E-state index contributed by atoms with van der Waals surface area (Å²) in [7, 11) is 0. The molecule has 1 aliphatic heterocycles. The van der Waals surface area contributed by atoms with Gasteiger partial charge in [-0.25, -0.2) is 0 Å². The van der Waals surface area contributed by atoms with Crippen molar-refractivity contribution in [3.05, 3.63) is 24.3 Å². The average molecular weight is 321 g/mol. The highest BCUT2D eigenvalue weighted by molar-refractivity contribution is 8.01. The molecule has 0 unspecified atom stereocenters. The Morgan fingerprint density at radius 2 is 2.24 bits per heavy atom. The van der Waals surface area contributed by atoms with Crippen molar-refractivity contribution < 1.29 is 9.59 Å². The zero-order valence-corrected chi connectivity index (χ0v) is 12.4. The quantitative estimate of drug-likeness (QED) is 0.824. The molecule has 2 heterocycles. The summed E-state index contributed by atoms with van der Waals surface area (Å²) in [5, 5.41) is 10.7. The van der Waals surface area contributed by atoms with Crippen LogP contribution in [-0.2, 0) is 9.59 Å². The zero-order chi connectivity index (χ0) is 14.8. The fourth-order valence-electron chi connectivity index (χ4n) is 1.94. The van der Waals surface area contributed by atoms with Crippen molar-refractivity contribution >= 4 is 51.4 Å². The van der Waals surface area contributed by atoms with Gasteiger partial charge in [-0.2, -0.15) is 0 Å². The van der Waals surface area contributed by atoms with Crippen LogP contribution in [0.1, 0.15) is 0 Å². The van der Waals surface area contributed by atoms with Gasteiger partial charge in [0.1, 0.15) is 6.54 Å². The van der Waals surface area contributed by atoms with E-state index >= 15 is 0 Å². The molecule has 3 N–H and O–H groups in total. The second-order valence-corrected chi connectivity index (χ2v) is 6.47. The first-order chi connectivity index (χ1) is 10.1. The van der Waals surface area contributed by atoms with E-state index in [4.69, 9.17) is 5.73 Å². The van der Waals surface area contributed by atoms with Crippen molar-refractivity contribution in [1.29, 1.82) is 0 Å². The minimum atomic E-state index is -0.202. The topological polar surface area (TPSA) is 101 Å². The molecule has 1 aromatic heterocycles. The summed E-state index contributed by atoms with van der Waals surface area (Å²) in [6.07, 6.45) is 0. The van der Waals surface area contributed by atoms with Crippen molar-refractivity contribution in [2.75, 3.05) is 28.2 Å². The Morgan fingerprint density at radius 1 is 1.43 bits per heavy atom. The zero-order valence-electron chi connectivity index (χ0n) is 10.8. The summed E-state index contributed by atoms with van der Waals surface area (Å²) in [4.78, 5) is 25.5. The molecule has 0 radical (unpaired) electrons. The Labute approximate surface area is 128 Å². The maximum absolute atomic E-state index is 12.3. The lowest BCUT2D eigenvalue weighted by molar-refractivity contribution is -0.120. The Morgan fingerprint density at radius 3 is 3.00 bits per heavy atom. The number of carbonyl (C=O) groups excluding carboxylic acids is 2. The Kier molecular flexibility index (Phi) is 3.76. The van der Waals surface area contributed by atoms with Gasteiger partial charge in [0.15, 0.2) is 4.34 Å². The number of thioether (sulfide) groups is 1. The van der Waals surface area contributed by atoms with Crippen LogP contribution in [0, 0.1) is 0 Å². The number of rotatable bonds is 3. The molecule has 0 saturated carbocycles. The molecule has 9 heteroatoms. The van der Waals surface area contributed by atoms with E-state index in [0.29, 0.717) is 20.8 Å². The van der Waals surface area contributed by atoms with Gasteiger partial charge < -0.3 is 16.0 Å². The number of para-hydroxylation sites is 2. The molecule has 3 rings (SSSR count). The molecule has 0 fully saturated rings. The van der Waals surface area contributed by atoms with Gasteiger partial charge in [-0.05, 0) is 12.1 Å². The number of carbonyl (C=O) groups is 2. The number of fused-ring (bicyclic) bond motifs is 1. The van der Waals surface area contributed by atoms with Crippen molar-refractivity contribution in [3.8, 4) is 0 Å². The number of amides is 2. The average Bonchev–Trinajstić information content (AvgIpc) is 2.89. The Hall–Kier alpha value is -2.13. The largest absolute Gasteiger partial charge is 0.374 e. The van der Waals surface area contributed by atoms with Crippen LogP contribution >= 0.6 is 23.1 Å². The number of nitrogens with one attached hydrogen (secondary N) is 1. The minimum absolute atomic E-state index is 0.0225. The van der Waals surface area contributed by atoms with Crippen LogP contribution in [0.3, 0.4) is 0 Å². The van der Waals surface area contributed by atoms with Gasteiger partial charge >= 0.3 is 0 Å². The van der Waals surface area contributed by atoms with E-state index < -0.39 is 0 Å². The lowest BCUT2D eigenvalue weighted by atomic mass is 10.2. The van der Waals surface area contributed by atoms with Crippen LogP contribution in [-0.4, -0.2) is 34.3 Å². The van der Waals surface area contributed by atoms with Gasteiger partial charge in [-0.3, -0.25) is 9.59 Å². The van der Waals surface area contributed by atoms with E-state index in [1.54, 1.807) is 12.1 Å². The SMILES string of the molecule is Nc1nnc(SCC(=O)N2CC(=O)Nc3ccccc32)s1. The smallest absolute Gasteiger partial charge is 0.244 e. The second-order valence-electron chi connectivity index (χ2n) is 4.24. The van der Waals surface area contributed by atoms with Crippen LogP contribution in [0.15, 0.2) is 28.6 Å². The lowest BCUT2D eigenvalue weighted by Crippen LogP contribution is -2.43. The summed E-state index contributed by atoms with van der Waals surface area (Å²) >= 11 is 2.49. The molecule has 0 spiro atoms. The molecule has 1 aliphatic rings. The third kappa shape index (κ3) is 2.98. The first-order valence-corrected chi connectivity index (χ1v) is 7.85. The molecule has 0 bridgehead atoms. The number of aromatic nitrogens is 2. The molecule has 108 valence electrons. The van der Waals surface area contributed by atoms with E-state index in [1.165, 1.54) is 28.0 Å². The number of anilines is 3. The minimum Gasteiger partial charge on any atom is -0.374 e. The number of nitrogen functional groups attached to an aromatic ring is 1. The van der Waals surface area contributed by atoms with E-state index in [2.05, 4.69) is 15.5 Å². The number of hydrogen-bond acceptors (Lipinski definition) is 7. The van der Waals surface area contributed by atoms with Gasteiger partial charge in [0.25, 0.3) is 0 Å². The van der Waals surface area contributed by atoms with Crippen LogP contribution in [0.4, 0.5) is 16.5 Å². The van der Waals surface area contributed by atoms with Gasteiger partial charge in [0.2, 0.25) is 16.9 Å². The third-order valence-corrected chi connectivity index (χ3v) is 4.68. The van der Waals surface area contributed by atoms with Gasteiger partial charge in [-0.1, -0.05) is 35.2 Å². The fourth-order valence-corrected chi connectivity index (χ4v) is 3.45. The predicted octanol–water partition coefficient (Wildman–Crippen LogP) is 1.20. The Bertz CT molecular complexity index is 702. The monoisotopic (exact) mass is 321 g/mol. The standard InChI is InChI=1S/C12H11N5O2S2/c13-11-15-16-12(21-11)20-6-10(19)17-5-9(18)14-7-3-1-2-4-8(7)17/h1-4H,5-6H2,(H2,13,15)(H,14,18). The summed E-state index contributed by atoms with van der Waals surface area (Å²) in [6, 6.07) is 7.21. The maximum Gasteiger partial charge on any atom is 0.244 e. The normalized spacial score (nSPS) is 13.7. The lowest BCUT2D eigenvalue weighted by Gasteiger charge is -2.28. The van der Waals surface area contributed by atoms with Crippen LogP contribution in [0.2, 0.25) is 0 Å². The molecule has 2 aromatic rings. The van der Waals surface area contributed by atoms with E-state index in [9.17, 15) is 9.59 Å². The molecule has 0 aliphatic carbocycles. The third-order valence-electron chi connectivity index (χ3n) is 2.81. The number of nitrogens with two attached hydrogens (primary N) is 1. The predicted molar refractivity (Wildman–Crippen MR) is 82.5 cm³/mol. The molecule has 1 aromatic carbocycles. The molecule has 7 nitrogen and oxygen atoms in total.